The number of hydrogen-bond donors (Lipinski definition) is 0. The summed E-state index contributed by atoms with van der Waals surface area (Å²) >= 11 is 0. The fourth-order valence-corrected chi connectivity index (χ4v) is 4.65. The number of nitrogens with zero attached hydrogens (tertiary/aromatic N) is 2. The van der Waals surface area contributed by atoms with Crippen LogP contribution < -0.4 is 4.74 Å². The number of sulfone groups is 1. The van der Waals surface area contributed by atoms with Crippen LogP contribution in [0.15, 0.2) is 89.0 Å². The van der Waals surface area contributed by atoms with Gasteiger partial charge in [0.05, 0.1) is 16.4 Å². The number of aromatic nitrogens is 2. The van der Waals surface area contributed by atoms with E-state index < -0.39 is 9.84 Å². The molecule has 4 rings (SSSR count). The molecular formula is C24H22N2O4S. The van der Waals surface area contributed by atoms with Crippen LogP contribution in [0.2, 0.25) is 0 Å². The van der Waals surface area contributed by atoms with Gasteiger partial charge in [-0.15, -0.1) is 0 Å². The number of pyridine rings is 1. The largest absolute Gasteiger partial charge is 0.494 e. The Kier molecular flexibility index (Phi) is 5.86. The average Bonchev–Trinajstić information content (AvgIpc) is 3.26. The summed E-state index contributed by atoms with van der Waals surface area (Å²) in [6, 6.07) is 16.7. The van der Waals surface area contributed by atoms with Crippen LogP contribution in [0.5, 0.6) is 5.75 Å². The highest BCUT2D eigenvalue weighted by molar-refractivity contribution is 7.91. The van der Waals surface area contributed by atoms with Gasteiger partial charge in [0.25, 0.3) is 0 Å². The van der Waals surface area contributed by atoms with Crippen LogP contribution in [0.4, 0.5) is 0 Å². The van der Waals surface area contributed by atoms with Crippen LogP contribution in [-0.4, -0.2) is 30.2 Å². The van der Waals surface area contributed by atoms with Crippen LogP contribution in [0.1, 0.15) is 29.3 Å². The molecule has 0 aliphatic rings. The Balaban J connectivity index is 1.45. The third-order valence-electron chi connectivity index (χ3n) is 5.01. The monoisotopic (exact) mass is 434 g/mol. The molecule has 0 amide bonds. The lowest BCUT2D eigenvalue weighted by Crippen LogP contribution is -2.04. The highest BCUT2D eigenvalue weighted by atomic mass is 32.2. The summed E-state index contributed by atoms with van der Waals surface area (Å²) in [6.45, 7) is 2.31. The minimum atomic E-state index is -3.64. The molecule has 4 aromatic rings. The van der Waals surface area contributed by atoms with E-state index in [-0.39, 0.29) is 15.6 Å². The second-order valence-electron chi connectivity index (χ2n) is 7.09. The number of hydrogen-bond acceptors (Lipinski definition) is 5. The lowest BCUT2D eigenvalue weighted by Gasteiger charge is -2.08. The van der Waals surface area contributed by atoms with Crippen molar-refractivity contribution >= 4 is 21.3 Å². The molecular weight excluding hydrogens is 412 g/mol. The van der Waals surface area contributed by atoms with Crippen LogP contribution >= 0.6 is 0 Å². The second kappa shape index (κ2) is 8.73. The molecule has 0 radical (unpaired) electrons. The first kappa shape index (κ1) is 20.8. The molecule has 158 valence electrons. The predicted molar refractivity (Wildman–Crippen MR) is 117 cm³/mol. The summed E-state index contributed by atoms with van der Waals surface area (Å²) in [6.07, 6.45) is 6.13. The molecule has 0 atom stereocenters. The van der Waals surface area contributed by atoms with Crippen molar-refractivity contribution in [3.05, 3.63) is 90.4 Å². The fourth-order valence-electron chi connectivity index (χ4n) is 3.36. The van der Waals surface area contributed by atoms with Crippen molar-refractivity contribution in [3.63, 3.8) is 0 Å². The summed E-state index contributed by atoms with van der Waals surface area (Å²) in [7, 11) is -3.64. The lowest BCUT2D eigenvalue weighted by atomic mass is 10.0. The maximum atomic E-state index is 12.9. The molecule has 0 N–H and O–H groups in total. The summed E-state index contributed by atoms with van der Waals surface area (Å²) < 4.78 is 33.1. The quantitative estimate of drug-likeness (QED) is 0.385. The third kappa shape index (κ3) is 4.51. The molecule has 31 heavy (non-hydrogen) atoms. The lowest BCUT2D eigenvalue weighted by molar-refractivity contribution is 0.0982. The first-order chi connectivity index (χ1) is 15.0. The topological polar surface area (TPSA) is 77.7 Å². The van der Waals surface area contributed by atoms with E-state index in [1.807, 2.05) is 17.4 Å². The zero-order valence-corrected chi connectivity index (χ0v) is 17.9. The summed E-state index contributed by atoms with van der Waals surface area (Å²) in [5.41, 5.74) is 2.32. The van der Waals surface area contributed by atoms with Crippen molar-refractivity contribution in [1.82, 2.24) is 9.38 Å². The fraction of sp³-hybridized carbons (Fsp3) is 0.167. The van der Waals surface area contributed by atoms with Gasteiger partial charge in [-0.1, -0.05) is 18.2 Å². The Labute approximate surface area is 181 Å². The van der Waals surface area contributed by atoms with Gasteiger partial charge in [0.2, 0.25) is 9.84 Å². The van der Waals surface area contributed by atoms with Gasteiger partial charge < -0.3 is 9.14 Å². The highest BCUT2D eigenvalue weighted by Gasteiger charge is 2.18. The van der Waals surface area contributed by atoms with Gasteiger partial charge in [-0.2, -0.15) is 0 Å². The second-order valence-corrected chi connectivity index (χ2v) is 9.04. The van der Waals surface area contributed by atoms with Crippen molar-refractivity contribution in [2.24, 2.45) is 0 Å². The molecule has 7 heteroatoms. The number of benzene rings is 2. The number of aryl methyl sites for hydroxylation is 1. The summed E-state index contributed by atoms with van der Waals surface area (Å²) in [4.78, 5) is 17.1. The number of ketones is 1. The number of Topliss-reactive ketones (excluding diaryl/α,β-unsaturated/α-hetero) is 1. The Morgan fingerprint density at radius 2 is 1.84 bits per heavy atom. The van der Waals surface area contributed by atoms with Crippen molar-refractivity contribution in [2.45, 2.75) is 29.6 Å². The van der Waals surface area contributed by atoms with Gasteiger partial charge in [-0.25, -0.2) is 13.4 Å². The van der Waals surface area contributed by atoms with Gasteiger partial charge >= 0.3 is 0 Å². The SMILES string of the molecule is CCOc1cccc(S(=O)(=O)c2ccc(CCC(=O)c3ccc4nccn4c3)cc2)c1. The van der Waals surface area contributed by atoms with Crippen LogP contribution in [0, 0.1) is 0 Å². The summed E-state index contributed by atoms with van der Waals surface area (Å²) in [5, 5.41) is 0. The van der Waals surface area contributed by atoms with E-state index in [0.717, 1.165) is 11.2 Å². The molecule has 0 spiro atoms. The molecule has 0 bridgehead atoms. The van der Waals surface area contributed by atoms with Crippen molar-refractivity contribution in [2.75, 3.05) is 6.61 Å². The van der Waals surface area contributed by atoms with E-state index in [9.17, 15) is 13.2 Å². The Hall–Kier alpha value is -3.45. The van der Waals surface area contributed by atoms with E-state index in [4.69, 9.17) is 4.74 Å². The van der Waals surface area contributed by atoms with Crippen LogP contribution in [0.25, 0.3) is 5.65 Å². The zero-order valence-electron chi connectivity index (χ0n) is 17.1. The van der Waals surface area contributed by atoms with Gasteiger partial charge in [0.15, 0.2) is 5.78 Å². The van der Waals surface area contributed by atoms with Crippen LogP contribution in [0.3, 0.4) is 0 Å². The number of fused-ring (bicyclic) bond motifs is 1. The molecule has 2 aromatic heterocycles. The smallest absolute Gasteiger partial charge is 0.206 e. The Morgan fingerprint density at radius 1 is 1.03 bits per heavy atom. The van der Waals surface area contributed by atoms with Crippen LogP contribution in [-0.2, 0) is 16.3 Å². The normalized spacial score (nSPS) is 11.5. The molecule has 2 heterocycles. The Morgan fingerprint density at radius 3 is 2.61 bits per heavy atom. The predicted octanol–water partition coefficient (Wildman–Crippen LogP) is 4.38. The number of imidazole rings is 1. The molecule has 0 aliphatic heterocycles. The number of rotatable bonds is 8. The first-order valence-electron chi connectivity index (χ1n) is 10.00. The van der Waals surface area contributed by atoms with E-state index in [1.54, 1.807) is 67.1 Å². The van der Waals surface area contributed by atoms with Crippen molar-refractivity contribution < 1.29 is 17.9 Å². The summed E-state index contributed by atoms with van der Waals surface area (Å²) in [5.74, 6) is 0.549. The molecule has 0 saturated heterocycles. The van der Waals surface area contributed by atoms with E-state index >= 15 is 0 Å². The maximum absolute atomic E-state index is 12.9. The molecule has 0 fully saturated rings. The zero-order chi connectivity index (χ0) is 21.8. The van der Waals surface area contributed by atoms with Crippen molar-refractivity contribution in [3.8, 4) is 5.75 Å². The minimum absolute atomic E-state index is 0.0278. The van der Waals surface area contributed by atoms with Gasteiger partial charge in [-0.05, 0) is 61.4 Å². The Bertz CT molecular complexity index is 1330. The van der Waals surface area contributed by atoms with E-state index in [2.05, 4.69) is 4.98 Å². The molecule has 0 saturated carbocycles. The molecule has 0 aliphatic carbocycles. The molecule has 0 unspecified atom stereocenters. The van der Waals surface area contributed by atoms with E-state index in [0.29, 0.717) is 30.8 Å². The average molecular weight is 435 g/mol. The molecule has 6 nitrogen and oxygen atoms in total. The first-order valence-corrected chi connectivity index (χ1v) is 11.5. The number of ether oxygens (including phenoxy) is 1. The van der Waals surface area contributed by atoms with Gasteiger partial charge in [0, 0.05) is 30.6 Å². The van der Waals surface area contributed by atoms with Gasteiger partial charge in [0.1, 0.15) is 11.4 Å². The number of carbonyl (C=O) groups is 1. The van der Waals surface area contributed by atoms with Gasteiger partial charge in [-0.3, -0.25) is 4.79 Å². The number of carbonyl (C=O) groups excluding carboxylic acids is 1. The standard InChI is InChI=1S/C24H22N2O4S/c1-2-30-20-4-3-5-22(16-20)31(28,29)21-10-6-18(7-11-21)8-12-23(27)19-9-13-24-25-14-15-26(24)17-19/h3-7,9-11,13-17H,2,8,12H2,1H3. The van der Waals surface area contributed by atoms with E-state index in [1.165, 1.54) is 6.07 Å². The maximum Gasteiger partial charge on any atom is 0.206 e. The highest BCUT2D eigenvalue weighted by Crippen LogP contribution is 2.25. The molecule has 2 aromatic carbocycles. The van der Waals surface area contributed by atoms with Crippen molar-refractivity contribution in [1.29, 1.82) is 0 Å². The minimum Gasteiger partial charge on any atom is -0.494 e. The third-order valence-corrected chi connectivity index (χ3v) is 6.78.